The third-order valence-electron chi connectivity index (χ3n) is 4.61. The molecule has 0 radical (unpaired) electrons. The maximum Gasteiger partial charge on any atom is 0.416 e. The molecule has 3 rings (SSSR count). The Morgan fingerprint density at radius 2 is 1.87 bits per heavy atom. The molecule has 0 aromatic heterocycles. The number of imide groups is 1. The molecule has 2 atom stereocenters. The molecule has 0 aliphatic carbocycles. The molecule has 2 aromatic rings. The van der Waals surface area contributed by atoms with Crippen molar-refractivity contribution < 1.29 is 32.2 Å². The van der Waals surface area contributed by atoms with Crippen LogP contribution < -0.4 is 4.74 Å². The van der Waals surface area contributed by atoms with Crippen LogP contribution in [0.15, 0.2) is 59.5 Å². The molecule has 0 N–H and O–H groups in total. The van der Waals surface area contributed by atoms with Gasteiger partial charge in [-0.1, -0.05) is 30.3 Å². The van der Waals surface area contributed by atoms with Crippen molar-refractivity contribution in [3.8, 4) is 5.75 Å². The Hall–Kier alpha value is -2.68. The average Bonchev–Trinajstić information content (AvgIpc) is 3.08. The van der Waals surface area contributed by atoms with E-state index in [0.29, 0.717) is 28.8 Å². The predicted molar refractivity (Wildman–Crippen MR) is 105 cm³/mol. The summed E-state index contributed by atoms with van der Waals surface area (Å²) in [5, 5.41) is -2.00. The number of halogens is 3. The fourth-order valence-corrected chi connectivity index (χ4v) is 4.08. The second-order valence-electron chi connectivity index (χ2n) is 6.71. The number of hydrogen-bond donors (Lipinski definition) is 0. The number of rotatable bonds is 7. The van der Waals surface area contributed by atoms with Crippen molar-refractivity contribution in [2.75, 3.05) is 13.7 Å². The van der Waals surface area contributed by atoms with E-state index >= 15 is 0 Å². The zero-order valence-electron chi connectivity index (χ0n) is 16.1. The van der Waals surface area contributed by atoms with Gasteiger partial charge in [0.1, 0.15) is 17.6 Å². The molecule has 2 amide bonds. The van der Waals surface area contributed by atoms with E-state index in [1.165, 1.54) is 19.2 Å². The van der Waals surface area contributed by atoms with Gasteiger partial charge in [0.2, 0.25) is 5.91 Å². The summed E-state index contributed by atoms with van der Waals surface area (Å²) < 4.78 is 50.8. The molecule has 0 bridgehead atoms. The highest BCUT2D eigenvalue weighted by molar-refractivity contribution is 8.00. The minimum absolute atomic E-state index is 0.0399. The van der Waals surface area contributed by atoms with Crippen molar-refractivity contribution in [1.29, 1.82) is 0 Å². The van der Waals surface area contributed by atoms with E-state index in [4.69, 9.17) is 9.47 Å². The molecule has 1 aliphatic rings. The number of cyclic esters (lactones) is 1. The van der Waals surface area contributed by atoms with Gasteiger partial charge in [0.15, 0.2) is 0 Å². The number of carbonyl (C=O) groups is 2. The number of hydrogen-bond acceptors (Lipinski definition) is 5. The molecule has 5 nitrogen and oxygen atoms in total. The van der Waals surface area contributed by atoms with Crippen molar-refractivity contribution in [3.05, 3.63) is 60.2 Å². The highest BCUT2D eigenvalue weighted by atomic mass is 32.2. The first-order chi connectivity index (χ1) is 14.3. The van der Waals surface area contributed by atoms with Gasteiger partial charge in [0.05, 0.1) is 13.2 Å². The molecule has 1 saturated heterocycles. The van der Waals surface area contributed by atoms with Crippen molar-refractivity contribution in [2.24, 2.45) is 0 Å². The van der Waals surface area contributed by atoms with E-state index in [1.54, 1.807) is 12.1 Å². The monoisotopic (exact) mass is 439 g/mol. The highest BCUT2D eigenvalue weighted by Crippen LogP contribution is 2.38. The first-order valence-corrected chi connectivity index (χ1v) is 10.1. The molecule has 1 heterocycles. The molecule has 0 spiro atoms. The summed E-state index contributed by atoms with van der Waals surface area (Å²) in [5.74, 6) is -0.385. The molecule has 0 saturated carbocycles. The third kappa shape index (κ3) is 5.47. The zero-order valence-corrected chi connectivity index (χ0v) is 16.9. The third-order valence-corrected chi connectivity index (χ3v) is 5.87. The second kappa shape index (κ2) is 9.42. The van der Waals surface area contributed by atoms with Crippen LogP contribution in [0.4, 0.5) is 18.0 Å². The molecule has 9 heteroatoms. The van der Waals surface area contributed by atoms with Crippen molar-refractivity contribution in [3.63, 3.8) is 0 Å². The Balaban J connectivity index is 1.72. The summed E-state index contributed by atoms with van der Waals surface area (Å²) >= 11 is 0.528. The maximum absolute atomic E-state index is 13.6. The second-order valence-corrected chi connectivity index (χ2v) is 7.99. The number of amides is 2. The standard InChI is InChI=1S/C21H20F3NO4S/c1-28-16-7-9-17(10-8-16)30-18(21(22,23)24)12-19(26)25-15(13-29-20(25)27)11-14-5-3-2-4-6-14/h2-10,15,18H,11-13H2,1H3/t15-,18-/m0/s1. The number of alkyl halides is 3. The van der Waals surface area contributed by atoms with Crippen LogP contribution >= 0.6 is 11.8 Å². The fraction of sp³-hybridized carbons (Fsp3) is 0.333. The summed E-state index contributed by atoms with van der Waals surface area (Å²) in [5.41, 5.74) is 0.860. The van der Waals surface area contributed by atoms with Gasteiger partial charge in [0, 0.05) is 11.3 Å². The lowest BCUT2D eigenvalue weighted by Gasteiger charge is -2.24. The first kappa shape index (κ1) is 22.0. The number of ether oxygens (including phenoxy) is 2. The largest absolute Gasteiger partial charge is 0.497 e. The van der Waals surface area contributed by atoms with E-state index in [0.717, 1.165) is 10.5 Å². The van der Waals surface area contributed by atoms with E-state index < -0.39 is 35.9 Å². The van der Waals surface area contributed by atoms with Crippen molar-refractivity contribution >= 4 is 23.8 Å². The van der Waals surface area contributed by atoms with Gasteiger partial charge in [-0.25, -0.2) is 9.69 Å². The van der Waals surface area contributed by atoms with Gasteiger partial charge in [-0.3, -0.25) is 4.79 Å². The summed E-state index contributed by atoms with van der Waals surface area (Å²) in [6.07, 6.45) is -6.07. The zero-order chi connectivity index (χ0) is 21.7. The van der Waals surface area contributed by atoms with Crippen LogP contribution in [-0.4, -0.2) is 48.1 Å². The van der Waals surface area contributed by atoms with Gasteiger partial charge in [-0.15, -0.1) is 11.8 Å². The summed E-state index contributed by atoms with van der Waals surface area (Å²) in [6, 6.07) is 14.5. The van der Waals surface area contributed by atoms with Crippen LogP contribution in [0.3, 0.4) is 0 Å². The van der Waals surface area contributed by atoms with Crippen LogP contribution in [0.5, 0.6) is 5.75 Å². The Morgan fingerprint density at radius 1 is 1.20 bits per heavy atom. The summed E-state index contributed by atoms with van der Waals surface area (Å²) in [6.45, 7) is -0.0399. The van der Waals surface area contributed by atoms with Crippen LogP contribution in [-0.2, 0) is 16.0 Å². The predicted octanol–water partition coefficient (Wildman–Crippen LogP) is 4.70. The molecule has 30 heavy (non-hydrogen) atoms. The maximum atomic E-state index is 13.6. The molecule has 1 fully saturated rings. The van der Waals surface area contributed by atoms with E-state index in [2.05, 4.69) is 0 Å². The topological polar surface area (TPSA) is 55.8 Å². The smallest absolute Gasteiger partial charge is 0.416 e. The minimum Gasteiger partial charge on any atom is -0.497 e. The van der Waals surface area contributed by atoms with Crippen molar-refractivity contribution in [2.45, 2.75) is 35.2 Å². The Morgan fingerprint density at radius 3 is 2.47 bits per heavy atom. The molecule has 160 valence electrons. The number of thioether (sulfide) groups is 1. The van der Waals surface area contributed by atoms with Crippen LogP contribution in [0.2, 0.25) is 0 Å². The van der Waals surface area contributed by atoms with Gasteiger partial charge < -0.3 is 9.47 Å². The van der Waals surface area contributed by atoms with Crippen LogP contribution in [0.1, 0.15) is 12.0 Å². The number of methoxy groups -OCH3 is 1. The molecular weight excluding hydrogens is 419 g/mol. The lowest BCUT2D eigenvalue weighted by atomic mass is 10.1. The molecule has 2 aromatic carbocycles. The number of benzene rings is 2. The van der Waals surface area contributed by atoms with Gasteiger partial charge in [-0.2, -0.15) is 13.2 Å². The van der Waals surface area contributed by atoms with E-state index in [-0.39, 0.29) is 6.61 Å². The van der Waals surface area contributed by atoms with Gasteiger partial charge in [0.25, 0.3) is 0 Å². The van der Waals surface area contributed by atoms with Crippen molar-refractivity contribution in [1.82, 2.24) is 4.90 Å². The SMILES string of the molecule is COc1ccc(S[C@@H](CC(=O)N2C(=O)OC[C@@H]2Cc2ccccc2)C(F)(F)F)cc1. The Kier molecular flexibility index (Phi) is 6.91. The summed E-state index contributed by atoms with van der Waals surface area (Å²) in [4.78, 5) is 25.9. The van der Waals surface area contributed by atoms with E-state index in [1.807, 2.05) is 30.3 Å². The Bertz CT molecular complexity index is 874. The minimum atomic E-state index is -4.63. The average molecular weight is 439 g/mol. The molecule has 0 unspecified atom stereocenters. The molecule has 1 aliphatic heterocycles. The van der Waals surface area contributed by atoms with Gasteiger partial charge >= 0.3 is 12.3 Å². The lowest BCUT2D eigenvalue weighted by Crippen LogP contribution is -2.43. The van der Waals surface area contributed by atoms with Gasteiger partial charge in [-0.05, 0) is 36.2 Å². The normalized spacial score (nSPS) is 17.5. The highest BCUT2D eigenvalue weighted by Gasteiger charge is 2.45. The van der Waals surface area contributed by atoms with Crippen LogP contribution in [0.25, 0.3) is 0 Å². The van der Waals surface area contributed by atoms with E-state index in [9.17, 15) is 22.8 Å². The molecular formula is C21H20F3NO4S. The Labute approximate surface area is 176 Å². The lowest BCUT2D eigenvalue weighted by molar-refractivity contribution is -0.144. The van der Waals surface area contributed by atoms with Crippen LogP contribution in [0, 0.1) is 0 Å². The number of nitrogens with zero attached hydrogens (tertiary/aromatic N) is 1. The quantitative estimate of drug-likeness (QED) is 0.586. The number of carbonyl (C=O) groups excluding carboxylic acids is 2. The fourth-order valence-electron chi connectivity index (χ4n) is 3.10. The first-order valence-electron chi connectivity index (χ1n) is 9.18. The summed E-state index contributed by atoms with van der Waals surface area (Å²) in [7, 11) is 1.46.